The van der Waals surface area contributed by atoms with Gasteiger partial charge in [0.15, 0.2) is 0 Å². The quantitative estimate of drug-likeness (QED) is 0.858. The molecule has 0 bridgehead atoms. The molecule has 1 aliphatic heterocycles. The predicted molar refractivity (Wildman–Crippen MR) is 106 cm³/mol. The van der Waals surface area contributed by atoms with Gasteiger partial charge >= 0.3 is 0 Å². The van der Waals surface area contributed by atoms with Crippen LogP contribution in [0.3, 0.4) is 0 Å². The van der Waals surface area contributed by atoms with Gasteiger partial charge in [0.2, 0.25) is 5.78 Å². The molecule has 1 aliphatic rings. The predicted octanol–water partition coefficient (Wildman–Crippen LogP) is 3.24. The monoisotopic (exact) mass is 350 g/mol. The van der Waals surface area contributed by atoms with Crippen molar-refractivity contribution in [2.75, 3.05) is 31.1 Å². The van der Waals surface area contributed by atoms with Crippen LogP contribution in [-0.2, 0) is 0 Å². The largest absolute Gasteiger partial charge is 0.355 e. The molecule has 3 heterocycles. The van der Waals surface area contributed by atoms with Crippen LogP contribution in [0.15, 0.2) is 36.0 Å². The molecular formula is C21H26N4O. The van der Waals surface area contributed by atoms with E-state index in [0.717, 1.165) is 49.7 Å². The Morgan fingerprint density at radius 2 is 2.08 bits per heavy atom. The molecule has 1 saturated heterocycles. The van der Waals surface area contributed by atoms with Crippen LogP contribution in [0.2, 0.25) is 0 Å². The van der Waals surface area contributed by atoms with Gasteiger partial charge in [-0.1, -0.05) is 17.7 Å². The Balaban J connectivity index is 1.90. The molecule has 1 N–H and O–H groups in total. The zero-order chi connectivity index (χ0) is 18.5. The lowest BCUT2D eigenvalue weighted by Crippen LogP contribution is -2.29. The summed E-state index contributed by atoms with van der Waals surface area (Å²) in [5.74, 6) is 0.791. The van der Waals surface area contributed by atoms with Gasteiger partial charge in [0, 0.05) is 37.1 Å². The molecule has 0 spiro atoms. The lowest BCUT2D eigenvalue weighted by molar-refractivity contribution is 0.103. The van der Waals surface area contributed by atoms with Gasteiger partial charge < -0.3 is 10.2 Å². The van der Waals surface area contributed by atoms with Gasteiger partial charge in [-0.05, 0) is 57.5 Å². The van der Waals surface area contributed by atoms with Gasteiger partial charge in [0.1, 0.15) is 11.5 Å². The summed E-state index contributed by atoms with van der Waals surface area (Å²) in [5, 5.41) is 3.39. The number of aryl methyl sites for hydroxylation is 1. The second-order valence-electron chi connectivity index (χ2n) is 6.92. The Morgan fingerprint density at radius 3 is 2.88 bits per heavy atom. The van der Waals surface area contributed by atoms with E-state index in [1.807, 2.05) is 45.0 Å². The summed E-state index contributed by atoms with van der Waals surface area (Å²) < 4.78 is 0. The summed E-state index contributed by atoms with van der Waals surface area (Å²) in [5.41, 5.74) is 3.92. The highest BCUT2D eigenvalue weighted by atomic mass is 16.1. The number of pyridine rings is 2. The second kappa shape index (κ2) is 8.23. The average Bonchev–Trinajstić information content (AvgIpc) is 2.92. The van der Waals surface area contributed by atoms with E-state index in [-0.39, 0.29) is 5.78 Å². The number of aromatic nitrogens is 2. The summed E-state index contributed by atoms with van der Waals surface area (Å²) in [6.07, 6.45) is 4.90. The topological polar surface area (TPSA) is 58.1 Å². The zero-order valence-corrected chi connectivity index (χ0v) is 15.7. The van der Waals surface area contributed by atoms with Crippen LogP contribution in [0.1, 0.15) is 47.6 Å². The first-order valence-electron chi connectivity index (χ1n) is 9.13. The molecule has 136 valence electrons. The van der Waals surface area contributed by atoms with Gasteiger partial charge in [-0.25, -0.2) is 4.98 Å². The van der Waals surface area contributed by atoms with Gasteiger partial charge in [-0.15, -0.1) is 0 Å². The van der Waals surface area contributed by atoms with E-state index in [4.69, 9.17) is 0 Å². The third-order valence-corrected chi connectivity index (χ3v) is 4.44. The molecule has 0 unspecified atom stereocenters. The fourth-order valence-corrected chi connectivity index (χ4v) is 3.13. The van der Waals surface area contributed by atoms with E-state index in [2.05, 4.69) is 20.2 Å². The molecule has 1 fully saturated rings. The van der Waals surface area contributed by atoms with Gasteiger partial charge in [0.05, 0.1) is 0 Å². The van der Waals surface area contributed by atoms with Crippen molar-refractivity contribution in [1.82, 2.24) is 15.3 Å². The van der Waals surface area contributed by atoms with Crippen molar-refractivity contribution in [1.29, 1.82) is 0 Å². The summed E-state index contributed by atoms with van der Waals surface area (Å²) in [4.78, 5) is 24.3. The number of nitrogens with one attached hydrogen (secondary N) is 1. The Bertz CT molecular complexity index is 817. The molecule has 3 rings (SSSR count). The molecule has 0 amide bonds. The van der Waals surface area contributed by atoms with Crippen molar-refractivity contribution in [2.24, 2.45) is 0 Å². The fraction of sp³-hybridized carbons (Fsp3) is 0.381. The van der Waals surface area contributed by atoms with E-state index < -0.39 is 0 Å². The summed E-state index contributed by atoms with van der Waals surface area (Å²) in [6.45, 7) is 9.75. The van der Waals surface area contributed by atoms with Gasteiger partial charge in [0.25, 0.3) is 0 Å². The SMILES string of the molecule is CC(C)=Cc1cnc(C)c(C(=O)c2cccc(N3CCCNCC3)n2)c1. The third kappa shape index (κ3) is 4.35. The van der Waals surface area contributed by atoms with Crippen molar-refractivity contribution in [2.45, 2.75) is 27.2 Å². The standard InChI is InChI=1S/C21H26N4O/c1-15(2)12-17-13-18(16(3)23-14-17)21(26)19-6-4-7-20(24-19)25-10-5-8-22-9-11-25/h4,6-7,12-14,22H,5,8-11H2,1-3H3. The number of ketones is 1. The van der Waals surface area contributed by atoms with Crippen molar-refractivity contribution < 1.29 is 4.79 Å². The maximum atomic E-state index is 13.1. The van der Waals surface area contributed by atoms with Crippen LogP contribution >= 0.6 is 0 Å². The molecule has 5 heteroatoms. The molecule has 5 nitrogen and oxygen atoms in total. The lowest BCUT2D eigenvalue weighted by Gasteiger charge is -2.21. The minimum atomic E-state index is -0.0752. The van der Waals surface area contributed by atoms with Crippen LogP contribution in [0, 0.1) is 6.92 Å². The third-order valence-electron chi connectivity index (χ3n) is 4.44. The first-order chi connectivity index (χ1) is 12.5. The molecule has 2 aromatic rings. The van der Waals surface area contributed by atoms with E-state index in [1.165, 1.54) is 5.57 Å². The first kappa shape index (κ1) is 18.3. The zero-order valence-electron chi connectivity index (χ0n) is 15.7. The highest BCUT2D eigenvalue weighted by Gasteiger charge is 2.17. The lowest BCUT2D eigenvalue weighted by atomic mass is 10.0. The van der Waals surface area contributed by atoms with Gasteiger partial charge in [-0.2, -0.15) is 0 Å². The van der Waals surface area contributed by atoms with Crippen molar-refractivity contribution in [3.05, 3.63) is 58.6 Å². The summed E-state index contributed by atoms with van der Waals surface area (Å²) >= 11 is 0. The number of allylic oxidation sites excluding steroid dienone is 1. The minimum Gasteiger partial charge on any atom is -0.355 e. The average molecular weight is 350 g/mol. The Kier molecular flexibility index (Phi) is 5.78. The van der Waals surface area contributed by atoms with Crippen LogP contribution < -0.4 is 10.2 Å². The molecule has 0 aromatic carbocycles. The molecule has 2 aromatic heterocycles. The number of carbonyl (C=O) groups is 1. The summed E-state index contributed by atoms with van der Waals surface area (Å²) in [6, 6.07) is 7.58. The number of hydrogen-bond acceptors (Lipinski definition) is 5. The number of carbonyl (C=O) groups excluding carboxylic acids is 1. The Morgan fingerprint density at radius 1 is 1.23 bits per heavy atom. The minimum absolute atomic E-state index is 0.0752. The normalized spacial score (nSPS) is 14.7. The Labute approximate surface area is 155 Å². The Hall–Kier alpha value is -2.53. The van der Waals surface area contributed by atoms with Gasteiger partial charge in [-0.3, -0.25) is 9.78 Å². The number of hydrogen-bond donors (Lipinski definition) is 1. The number of rotatable bonds is 4. The first-order valence-corrected chi connectivity index (χ1v) is 9.13. The second-order valence-corrected chi connectivity index (χ2v) is 6.92. The molecule has 0 radical (unpaired) electrons. The summed E-state index contributed by atoms with van der Waals surface area (Å²) in [7, 11) is 0. The van der Waals surface area contributed by atoms with Crippen LogP contribution in [0.25, 0.3) is 6.08 Å². The molecule has 0 atom stereocenters. The highest BCUT2D eigenvalue weighted by molar-refractivity contribution is 6.08. The smallest absolute Gasteiger partial charge is 0.213 e. The number of nitrogens with zero attached hydrogens (tertiary/aromatic N) is 3. The van der Waals surface area contributed by atoms with E-state index in [0.29, 0.717) is 11.3 Å². The van der Waals surface area contributed by atoms with Crippen molar-refractivity contribution in [3.63, 3.8) is 0 Å². The van der Waals surface area contributed by atoms with Crippen LogP contribution in [-0.4, -0.2) is 41.9 Å². The number of anilines is 1. The van der Waals surface area contributed by atoms with E-state index >= 15 is 0 Å². The van der Waals surface area contributed by atoms with Crippen molar-refractivity contribution >= 4 is 17.7 Å². The fourth-order valence-electron chi connectivity index (χ4n) is 3.13. The maximum absolute atomic E-state index is 13.1. The molecule has 0 aliphatic carbocycles. The maximum Gasteiger partial charge on any atom is 0.213 e. The van der Waals surface area contributed by atoms with E-state index in [9.17, 15) is 4.79 Å². The van der Waals surface area contributed by atoms with Crippen LogP contribution in [0.4, 0.5) is 5.82 Å². The molecule has 0 saturated carbocycles. The van der Waals surface area contributed by atoms with Crippen LogP contribution in [0.5, 0.6) is 0 Å². The highest BCUT2D eigenvalue weighted by Crippen LogP contribution is 2.18. The van der Waals surface area contributed by atoms with E-state index in [1.54, 1.807) is 12.3 Å². The molecule has 26 heavy (non-hydrogen) atoms. The molecular weight excluding hydrogens is 324 g/mol. The van der Waals surface area contributed by atoms with Crippen molar-refractivity contribution in [3.8, 4) is 0 Å².